The van der Waals surface area contributed by atoms with Crippen molar-refractivity contribution in [3.8, 4) is 17.4 Å². The van der Waals surface area contributed by atoms with Crippen LogP contribution in [0.3, 0.4) is 0 Å². The van der Waals surface area contributed by atoms with Crippen LogP contribution < -0.4 is 15.8 Å². The first-order valence-corrected chi connectivity index (χ1v) is 14.9. The van der Waals surface area contributed by atoms with E-state index < -0.39 is 41.4 Å². The number of hydrogen-bond acceptors (Lipinski definition) is 10. The third kappa shape index (κ3) is 7.24. The van der Waals surface area contributed by atoms with Crippen LogP contribution in [0.2, 0.25) is 5.02 Å². The Bertz CT molecular complexity index is 1880. The zero-order valence-electron chi connectivity index (χ0n) is 25.8. The number of hydrogen-bond donors (Lipinski definition) is 2. The molecule has 14 nitrogen and oxygen atoms in total. The second kappa shape index (κ2) is 12.7. The van der Waals surface area contributed by atoms with Gasteiger partial charge in [0.1, 0.15) is 17.8 Å². The molecule has 0 unspecified atom stereocenters. The van der Waals surface area contributed by atoms with Crippen molar-refractivity contribution in [2.75, 3.05) is 36.4 Å². The van der Waals surface area contributed by atoms with Gasteiger partial charge in [0.05, 0.1) is 34.4 Å². The van der Waals surface area contributed by atoms with Crippen molar-refractivity contribution in [2.24, 2.45) is 0 Å². The maximum absolute atomic E-state index is 14.0. The minimum Gasteiger partial charge on any atom is -0.505 e. The number of halogens is 4. The largest absolute Gasteiger partial charge is 0.505 e. The van der Waals surface area contributed by atoms with E-state index in [1.807, 2.05) is 0 Å². The van der Waals surface area contributed by atoms with Crippen LogP contribution in [0.25, 0.3) is 17.4 Å². The van der Waals surface area contributed by atoms with Crippen LogP contribution in [-0.4, -0.2) is 82.9 Å². The van der Waals surface area contributed by atoms with Gasteiger partial charge in [0.25, 0.3) is 5.56 Å². The highest BCUT2D eigenvalue weighted by atomic mass is 35.5. The zero-order valence-corrected chi connectivity index (χ0v) is 26.6. The molecule has 1 saturated heterocycles. The molecule has 2 N–H and O–H groups in total. The maximum Gasteiger partial charge on any atom is 0.416 e. The Morgan fingerprint density at radius 3 is 2.30 bits per heavy atom. The Labute approximate surface area is 270 Å². The fourth-order valence-electron chi connectivity index (χ4n) is 5.03. The van der Waals surface area contributed by atoms with Gasteiger partial charge in [0.15, 0.2) is 11.6 Å². The average Bonchev–Trinajstić information content (AvgIpc) is 3.44. The summed E-state index contributed by atoms with van der Waals surface area (Å²) in [6.45, 7) is 7.71. The van der Waals surface area contributed by atoms with Gasteiger partial charge in [0.2, 0.25) is 17.5 Å². The van der Waals surface area contributed by atoms with Crippen molar-refractivity contribution < 1.29 is 32.6 Å². The van der Waals surface area contributed by atoms with Crippen molar-refractivity contribution in [3.63, 3.8) is 0 Å². The molecule has 3 aromatic heterocycles. The lowest BCUT2D eigenvalue weighted by atomic mass is 10.2. The molecule has 0 radical (unpaired) electrons. The van der Waals surface area contributed by atoms with E-state index in [0.29, 0.717) is 11.8 Å². The number of piperazine rings is 1. The van der Waals surface area contributed by atoms with Crippen LogP contribution >= 0.6 is 11.6 Å². The molecule has 0 spiro atoms. The number of anilines is 2. The third-order valence-electron chi connectivity index (χ3n) is 7.12. The topological polar surface area (TPSA) is 160 Å². The van der Waals surface area contributed by atoms with Gasteiger partial charge in [-0.2, -0.15) is 22.7 Å². The highest BCUT2D eigenvalue weighted by Crippen LogP contribution is 2.34. The molecule has 47 heavy (non-hydrogen) atoms. The number of amides is 2. The average molecular weight is 678 g/mol. The number of carbonyl (C=O) groups is 2. The fraction of sp³-hybridized carbons (Fsp3) is 0.414. The molecule has 18 heteroatoms. The third-order valence-corrected chi connectivity index (χ3v) is 7.43. The van der Waals surface area contributed by atoms with Crippen LogP contribution in [0.1, 0.15) is 39.0 Å². The highest BCUT2D eigenvalue weighted by Gasteiger charge is 2.32. The van der Waals surface area contributed by atoms with Crippen molar-refractivity contribution >= 4 is 40.8 Å². The molecular weight excluding hydrogens is 647 g/mol. The summed E-state index contributed by atoms with van der Waals surface area (Å²) in [5.41, 5.74) is -1.58. The molecule has 1 aromatic carbocycles. The Morgan fingerprint density at radius 2 is 1.72 bits per heavy atom. The minimum atomic E-state index is -4.62. The monoisotopic (exact) mass is 677 g/mol. The van der Waals surface area contributed by atoms with Crippen molar-refractivity contribution in [1.82, 2.24) is 34.0 Å². The van der Waals surface area contributed by atoms with Gasteiger partial charge in [-0.05, 0) is 45.4 Å². The Balaban J connectivity index is 1.53. The van der Waals surface area contributed by atoms with E-state index in [4.69, 9.17) is 16.3 Å². The molecule has 5 rings (SSSR count). The summed E-state index contributed by atoms with van der Waals surface area (Å²) in [5.74, 6) is -0.946. The van der Waals surface area contributed by atoms with E-state index in [1.54, 1.807) is 37.5 Å². The number of carbonyl (C=O) groups excluding carboxylic acids is 2. The number of ether oxygens (including phenoxy) is 1. The summed E-state index contributed by atoms with van der Waals surface area (Å²) in [4.78, 5) is 55.8. The molecule has 0 aliphatic carbocycles. The lowest BCUT2D eigenvalue weighted by Crippen LogP contribution is -2.51. The number of rotatable bonds is 6. The lowest BCUT2D eigenvalue weighted by Gasteiger charge is -2.37. The molecule has 0 saturated carbocycles. The fourth-order valence-corrected chi connectivity index (χ4v) is 5.25. The molecule has 1 fully saturated rings. The van der Waals surface area contributed by atoms with E-state index in [-0.39, 0.29) is 72.2 Å². The number of nitrogens with zero attached hydrogens (tertiary/aromatic N) is 8. The maximum atomic E-state index is 14.0. The molecule has 4 heterocycles. The van der Waals surface area contributed by atoms with Crippen molar-refractivity contribution in [3.05, 3.63) is 57.2 Å². The van der Waals surface area contributed by atoms with Crippen LogP contribution in [0, 0.1) is 0 Å². The number of fused-ring (bicyclic) bond motifs is 1. The van der Waals surface area contributed by atoms with E-state index in [1.165, 1.54) is 4.57 Å². The Morgan fingerprint density at radius 1 is 1.06 bits per heavy atom. The van der Waals surface area contributed by atoms with E-state index >= 15 is 0 Å². The van der Waals surface area contributed by atoms with Crippen LogP contribution in [-0.2, 0) is 28.7 Å². The molecular formula is C29H31ClF3N9O5. The normalized spacial score (nSPS) is 14.0. The summed E-state index contributed by atoms with van der Waals surface area (Å²) in [5, 5.41) is 16.1. The number of benzene rings is 1. The molecule has 4 aromatic rings. The van der Waals surface area contributed by atoms with Gasteiger partial charge >= 0.3 is 12.3 Å². The van der Waals surface area contributed by atoms with Crippen LogP contribution in [0.4, 0.5) is 29.3 Å². The first kappa shape index (κ1) is 33.4. The predicted molar refractivity (Wildman–Crippen MR) is 164 cm³/mol. The molecule has 2 amide bonds. The number of aromatic nitrogens is 6. The standard InChI is InChI=1S/C29H31ClF3N9O5/c1-5-20-22(39-8-10-40(11-9-39)27(46)47-28(2,3)4)25(45)42-26(37-24(38-42)23-34-13-17(43)14-35-23)41(20)15-21(44)36-19-7-6-16(12-18(19)30)29(31,32)33/h6-7,12-14,43H,5,8-11,15H2,1-4H3,(H,36,44). The first-order chi connectivity index (χ1) is 22.1. The zero-order chi connectivity index (χ0) is 34.3. The summed E-state index contributed by atoms with van der Waals surface area (Å²) in [7, 11) is 0. The van der Waals surface area contributed by atoms with E-state index in [9.17, 15) is 32.7 Å². The molecule has 0 bridgehead atoms. The summed E-state index contributed by atoms with van der Waals surface area (Å²) in [6, 6.07) is 2.56. The molecule has 0 atom stereocenters. The van der Waals surface area contributed by atoms with E-state index in [0.717, 1.165) is 29.0 Å². The minimum absolute atomic E-state index is 0.00371. The van der Waals surface area contributed by atoms with Gasteiger partial charge in [-0.3, -0.25) is 9.59 Å². The lowest BCUT2D eigenvalue weighted by molar-refractivity contribution is -0.137. The highest BCUT2D eigenvalue weighted by molar-refractivity contribution is 6.33. The Kier molecular flexibility index (Phi) is 9.03. The number of alkyl halides is 3. The predicted octanol–water partition coefficient (Wildman–Crippen LogP) is 3.98. The van der Waals surface area contributed by atoms with E-state index in [2.05, 4.69) is 25.4 Å². The van der Waals surface area contributed by atoms with Crippen LogP contribution in [0.15, 0.2) is 35.4 Å². The summed E-state index contributed by atoms with van der Waals surface area (Å²) in [6.07, 6.45) is -2.57. The van der Waals surface area contributed by atoms with Gasteiger partial charge in [-0.25, -0.2) is 14.8 Å². The van der Waals surface area contributed by atoms with Crippen molar-refractivity contribution in [1.29, 1.82) is 0 Å². The van der Waals surface area contributed by atoms with Crippen molar-refractivity contribution in [2.45, 2.75) is 52.4 Å². The van der Waals surface area contributed by atoms with Gasteiger partial charge in [-0.1, -0.05) is 18.5 Å². The van der Waals surface area contributed by atoms with Gasteiger partial charge < -0.3 is 29.5 Å². The second-order valence-electron chi connectivity index (χ2n) is 11.6. The molecule has 250 valence electrons. The Hall–Kier alpha value is -4.93. The molecule has 1 aliphatic heterocycles. The van der Waals surface area contributed by atoms with Crippen LogP contribution in [0.5, 0.6) is 5.75 Å². The number of nitrogens with one attached hydrogen (secondary N) is 1. The second-order valence-corrected chi connectivity index (χ2v) is 12.1. The van der Waals surface area contributed by atoms with Gasteiger partial charge in [0, 0.05) is 26.2 Å². The number of aromatic hydroxyl groups is 1. The quantitative estimate of drug-likeness (QED) is 0.306. The summed E-state index contributed by atoms with van der Waals surface area (Å²) >= 11 is 6.07. The van der Waals surface area contributed by atoms with Gasteiger partial charge in [-0.15, -0.1) is 5.10 Å². The first-order valence-electron chi connectivity index (χ1n) is 14.5. The molecule has 1 aliphatic rings. The SMILES string of the molecule is CCc1c(N2CCN(C(=O)OC(C)(C)C)CC2)c(=O)n2nc(-c3ncc(O)cn3)nc2n1CC(=O)Nc1ccc(C(F)(F)F)cc1Cl. The summed E-state index contributed by atoms with van der Waals surface area (Å²) < 4.78 is 47.4. The smallest absolute Gasteiger partial charge is 0.416 e.